The maximum Gasteiger partial charge on any atom is 0.230 e. The highest BCUT2D eigenvalue weighted by Gasteiger charge is 2.20. The van der Waals surface area contributed by atoms with E-state index in [1.807, 2.05) is 6.92 Å². The highest BCUT2D eigenvalue weighted by atomic mass is 19.1. The zero-order chi connectivity index (χ0) is 14.3. The number of halogens is 1. The summed E-state index contributed by atoms with van der Waals surface area (Å²) in [6, 6.07) is 5.99. The highest BCUT2D eigenvalue weighted by molar-refractivity contribution is 6.11. The molecule has 20 heavy (non-hydrogen) atoms. The van der Waals surface area contributed by atoms with Gasteiger partial charge >= 0.3 is 0 Å². The fourth-order valence-corrected chi connectivity index (χ4v) is 2.23. The molecule has 0 atom stereocenters. The minimum atomic E-state index is -0.349. The molecule has 0 aliphatic carbocycles. The maximum absolute atomic E-state index is 13.3. The van der Waals surface area contributed by atoms with Gasteiger partial charge in [-0.25, -0.2) is 4.39 Å². The summed E-state index contributed by atoms with van der Waals surface area (Å²) in [5.74, 6) is -0.343. The van der Waals surface area contributed by atoms with Crippen molar-refractivity contribution >= 4 is 16.8 Å². The quantitative estimate of drug-likeness (QED) is 0.664. The van der Waals surface area contributed by atoms with Crippen LogP contribution in [0, 0.1) is 19.7 Å². The Morgan fingerprint density at radius 3 is 2.80 bits per heavy atom. The van der Waals surface area contributed by atoms with Crippen LogP contribution in [0.4, 0.5) is 4.39 Å². The lowest BCUT2D eigenvalue weighted by Crippen LogP contribution is -2.04. The van der Waals surface area contributed by atoms with Crippen molar-refractivity contribution in [2.45, 2.75) is 13.8 Å². The van der Waals surface area contributed by atoms with Crippen molar-refractivity contribution in [3.8, 4) is 0 Å². The first-order valence-electron chi connectivity index (χ1n) is 6.22. The van der Waals surface area contributed by atoms with Crippen molar-refractivity contribution in [3.63, 3.8) is 0 Å². The molecule has 4 heteroatoms. The molecule has 3 aromatic rings. The van der Waals surface area contributed by atoms with Crippen LogP contribution in [0.5, 0.6) is 0 Å². The SMILES string of the molecule is Cc1ccncc1C(=O)c1oc2ccc(F)cc2c1C. The van der Waals surface area contributed by atoms with E-state index in [-0.39, 0.29) is 17.4 Å². The minimum Gasteiger partial charge on any atom is -0.452 e. The number of furan rings is 1. The first-order valence-corrected chi connectivity index (χ1v) is 6.22. The topological polar surface area (TPSA) is 43.1 Å². The molecule has 0 saturated carbocycles. The third kappa shape index (κ3) is 1.90. The molecule has 0 N–H and O–H groups in total. The summed E-state index contributed by atoms with van der Waals surface area (Å²) in [7, 11) is 0. The number of aromatic nitrogens is 1. The van der Waals surface area contributed by atoms with Crippen LogP contribution in [-0.2, 0) is 0 Å². The highest BCUT2D eigenvalue weighted by Crippen LogP contribution is 2.28. The molecule has 2 aromatic heterocycles. The lowest BCUT2D eigenvalue weighted by Gasteiger charge is -2.02. The second-order valence-electron chi connectivity index (χ2n) is 4.72. The second kappa shape index (κ2) is 4.56. The van der Waals surface area contributed by atoms with E-state index in [2.05, 4.69) is 4.98 Å². The molecule has 0 saturated heterocycles. The average molecular weight is 269 g/mol. The fraction of sp³-hybridized carbons (Fsp3) is 0.125. The first-order chi connectivity index (χ1) is 9.58. The number of carbonyl (C=O) groups excluding carboxylic acids is 1. The third-order valence-corrected chi connectivity index (χ3v) is 3.39. The molecule has 3 nitrogen and oxygen atoms in total. The Morgan fingerprint density at radius 1 is 1.25 bits per heavy atom. The summed E-state index contributed by atoms with van der Waals surface area (Å²) in [5.41, 5.74) is 2.48. The van der Waals surface area contributed by atoms with Crippen molar-refractivity contribution in [2.75, 3.05) is 0 Å². The maximum atomic E-state index is 13.3. The normalized spacial score (nSPS) is 10.9. The van der Waals surface area contributed by atoms with Gasteiger partial charge in [-0.1, -0.05) is 0 Å². The molecule has 0 aliphatic rings. The van der Waals surface area contributed by atoms with E-state index in [0.29, 0.717) is 22.1 Å². The van der Waals surface area contributed by atoms with Crippen LogP contribution in [0.15, 0.2) is 41.1 Å². The molecule has 1 aromatic carbocycles. The molecular weight excluding hydrogens is 257 g/mol. The van der Waals surface area contributed by atoms with Crippen LogP contribution in [0.25, 0.3) is 11.0 Å². The number of hydrogen-bond donors (Lipinski definition) is 0. The van der Waals surface area contributed by atoms with Crippen LogP contribution in [0.3, 0.4) is 0 Å². The van der Waals surface area contributed by atoms with Crippen molar-refractivity contribution in [3.05, 3.63) is 64.9 Å². The lowest BCUT2D eigenvalue weighted by atomic mass is 10.0. The van der Waals surface area contributed by atoms with E-state index in [1.165, 1.54) is 24.4 Å². The minimum absolute atomic E-state index is 0.232. The van der Waals surface area contributed by atoms with Crippen LogP contribution in [0.1, 0.15) is 27.2 Å². The molecule has 0 amide bonds. The zero-order valence-electron chi connectivity index (χ0n) is 11.1. The number of hydrogen-bond acceptors (Lipinski definition) is 3. The number of nitrogens with zero attached hydrogens (tertiary/aromatic N) is 1. The van der Waals surface area contributed by atoms with Crippen LogP contribution in [0.2, 0.25) is 0 Å². The predicted octanol–water partition coefficient (Wildman–Crippen LogP) is 3.81. The zero-order valence-corrected chi connectivity index (χ0v) is 11.1. The van der Waals surface area contributed by atoms with E-state index in [9.17, 15) is 9.18 Å². The molecule has 100 valence electrons. The molecule has 0 bridgehead atoms. The lowest BCUT2D eigenvalue weighted by molar-refractivity contribution is 0.101. The fourth-order valence-electron chi connectivity index (χ4n) is 2.23. The van der Waals surface area contributed by atoms with E-state index in [4.69, 9.17) is 4.42 Å². The van der Waals surface area contributed by atoms with Gasteiger partial charge < -0.3 is 4.42 Å². The van der Waals surface area contributed by atoms with Crippen LogP contribution >= 0.6 is 0 Å². The van der Waals surface area contributed by atoms with Gasteiger partial charge in [-0.3, -0.25) is 9.78 Å². The van der Waals surface area contributed by atoms with E-state index < -0.39 is 0 Å². The Morgan fingerprint density at radius 2 is 2.05 bits per heavy atom. The summed E-state index contributed by atoms with van der Waals surface area (Å²) in [5, 5.41) is 0.620. The molecular formula is C16H12FNO2. The standard InChI is InChI=1S/C16H12FNO2/c1-9-5-6-18-8-13(9)15(19)16-10(2)12-7-11(17)3-4-14(12)20-16/h3-8H,1-2H3. The molecule has 3 rings (SSSR count). The Hall–Kier alpha value is -2.49. The molecule has 0 aliphatic heterocycles. The van der Waals surface area contributed by atoms with Crippen LogP contribution < -0.4 is 0 Å². The number of pyridine rings is 1. The summed E-state index contributed by atoms with van der Waals surface area (Å²) in [6.45, 7) is 3.59. The van der Waals surface area contributed by atoms with Crippen molar-refractivity contribution in [2.24, 2.45) is 0 Å². The number of carbonyl (C=O) groups is 1. The summed E-state index contributed by atoms with van der Waals surface area (Å²) in [4.78, 5) is 16.5. The van der Waals surface area contributed by atoms with Gasteiger partial charge in [0.05, 0.1) is 0 Å². The van der Waals surface area contributed by atoms with Gasteiger partial charge in [-0.2, -0.15) is 0 Å². The number of aryl methyl sites for hydroxylation is 2. The van der Waals surface area contributed by atoms with Crippen molar-refractivity contribution in [1.82, 2.24) is 4.98 Å². The largest absolute Gasteiger partial charge is 0.452 e. The number of rotatable bonds is 2. The number of benzene rings is 1. The monoisotopic (exact) mass is 269 g/mol. The summed E-state index contributed by atoms with van der Waals surface area (Å²) >= 11 is 0. The molecule has 0 spiro atoms. The van der Waals surface area contributed by atoms with Gasteiger partial charge in [0.25, 0.3) is 0 Å². The summed E-state index contributed by atoms with van der Waals surface area (Å²) in [6.07, 6.45) is 3.15. The Bertz CT molecular complexity index is 820. The van der Waals surface area contributed by atoms with E-state index in [1.54, 1.807) is 19.2 Å². The average Bonchev–Trinajstić information content (AvgIpc) is 2.76. The predicted molar refractivity (Wildman–Crippen MR) is 73.3 cm³/mol. The van der Waals surface area contributed by atoms with Gasteiger partial charge in [0.15, 0.2) is 5.76 Å². The van der Waals surface area contributed by atoms with Gasteiger partial charge in [-0.05, 0) is 43.7 Å². The number of fused-ring (bicyclic) bond motifs is 1. The van der Waals surface area contributed by atoms with E-state index >= 15 is 0 Å². The second-order valence-corrected chi connectivity index (χ2v) is 4.72. The third-order valence-electron chi connectivity index (χ3n) is 3.39. The number of ketones is 1. The Balaban J connectivity index is 2.18. The molecule has 0 unspecified atom stereocenters. The molecule has 0 radical (unpaired) electrons. The van der Waals surface area contributed by atoms with E-state index in [0.717, 1.165) is 5.56 Å². The van der Waals surface area contributed by atoms with Gasteiger partial charge in [0.1, 0.15) is 11.4 Å². The Labute approximate surface area is 115 Å². The summed E-state index contributed by atoms with van der Waals surface area (Å²) < 4.78 is 18.9. The smallest absolute Gasteiger partial charge is 0.230 e. The van der Waals surface area contributed by atoms with Crippen molar-refractivity contribution in [1.29, 1.82) is 0 Å². The van der Waals surface area contributed by atoms with Crippen LogP contribution in [-0.4, -0.2) is 10.8 Å². The first kappa shape index (κ1) is 12.5. The molecule has 0 fully saturated rings. The van der Waals surface area contributed by atoms with Crippen molar-refractivity contribution < 1.29 is 13.6 Å². The molecule has 2 heterocycles. The van der Waals surface area contributed by atoms with Gasteiger partial charge in [0.2, 0.25) is 5.78 Å². The Kier molecular flexibility index (Phi) is 2.86. The van der Waals surface area contributed by atoms with Gasteiger partial charge in [-0.15, -0.1) is 0 Å². The van der Waals surface area contributed by atoms with Gasteiger partial charge in [0, 0.05) is 28.9 Å².